The molecule has 170 valence electrons. The van der Waals surface area contributed by atoms with Crippen LogP contribution >= 0.6 is 11.6 Å². The second kappa shape index (κ2) is 10.2. The standard InChI is InChI=1S/C19H19ClF3N7O2/c1-2-24-19(31)26-6-5-25-18-28-15-10(8-13(22)14(23)16(15)29-18)17(30-32)27-9-3-4-12(21)11(20)7-9/h3-4,7-8,32H,2,5-6H2,1H3,(H,27,30)(H2,24,26,31)(H2,25,28,29). The number of amides is 2. The molecule has 0 unspecified atom stereocenters. The first-order chi connectivity index (χ1) is 15.3. The number of amidine groups is 1. The average molecular weight is 470 g/mol. The maximum Gasteiger partial charge on any atom is 0.314 e. The zero-order valence-electron chi connectivity index (χ0n) is 16.7. The summed E-state index contributed by atoms with van der Waals surface area (Å²) in [6.45, 7) is 2.73. The fourth-order valence-electron chi connectivity index (χ4n) is 2.78. The lowest BCUT2D eigenvalue weighted by molar-refractivity contribution is 0.235. The number of H-pyrrole nitrogens is 1. The smallest absolute Gasteiger partial charge is 0.314 e. The molecule has 2 amide bonds. The van der Waals surface area contributed by atoms with E-state index >= 15 is 0 Å². The van der Waals surface area contributed by atoms with Crippen molar-refractivity contribution in [1.29, 1.82) is 0 Å². The van der Waals surface area contributed by atoms with Crippen LogP contribution < -0.4 is 21.4 Å². The lowest BCUT2D eigenvalue weighted by Gasteiger charge is -2.08. The summed E-state index contributed by atoms with van der Waals surface area (Å²) in [7, 11) is 0. The number of hydrogen-bond acceptors (Lipinski definition) is 5. The Morgan fingerprint density at radius 1 is 1.19 bits per heavy atom. The summed E-state index contributed by atoms with van der Waals surface area (Å²) >= 11 is 5.74. The van der Waals surface area contributed by atoms with Crippen molar-refractivity contribution in [2.45, 2.75) is 6.92 Å². The van der Waals surface area contributed by atoms with Crippen LogP contribution in [0.15, 0.2) is 29.3 Å². The molecule has 0 fully saturated rings. The van der Waals surface area contributed by atoms with Crippen LogP contribution in [0.4, 0.5) is 29.6 Å². The monoisotopic (exact) mass is 469 g/mol. The van der Waals surface area contributed by atoms with Crippen LogP contribution in [0.2, 0.25) is 5.02 Å². The van der Waals surface area contributed by atoms with E-state index in [2.05, 4.69) is 30.9 Å². The molecule has 32 heavy (non-hydrogen) atoms. The molecule has 6 N–H and O–H groups in total. The van der Waals surface area contributed by atoms with Crippen molar-refractivity contribution in [3.8, 4) is 0 Å². The molecule has 1 heterocycles. The normalized spacial score (nSPS) is 11.5. The fraction of sp³-hybridized carbons (Fsp3) is 0.211. The van der Waals surface area contributed by atoms with Gasteiger partial charge in [0, 0.05) is 25.2 Å². The molecule has 0 saturated heterocycles. The van der Waals surface area contributed by atoms with Crippen LogP contribution in [0.3, 0.4) is 0 Å². The largest absolute Gasteiger partial charge is 0.354 e. The van der Waals surface area contributed by atoms with Crippen molar-refractivity contribution in [3.63, 3.8) is 0 Å². The number of anilines is 1. The van der Waals surface area contributed by atoms with Crippen molar-refractivity contribution in [1.82, 2.24) is 26.1 Å². The molecule has 9 nitrogen and oxygen atoms in total. The number of carbonyl (C=O) groups excluding carboxylic acids is 1. The van der Waals surface area contributed by atoms with Crippen LogP contribution in [-0.4, -0.2) is 46.7 Å². The number of imidazole rings is 1. The highest BCUT2D eigenvalue weighted by atomic mass is 35.5. The fourth-order valence-corrected chi connectivity index (χ4v) is 2.96. The van der Waals surface area contributed by atoms with Gasteiger partial charge in [-0.3, -0.25) is 10.7 Å². The van der Waals surface area contributed by atoms with E-state index in [0.717, 1.165) is 12.1 Å². The van der Waals surface area contributed by atoms with Gasteiger partial charge in [-0.2, -0.15) is 0 Å². The first-order valence-electron chi connectivity index (χ1n) is 9.41. The Hall–Kier alpha value is -3.51. The Bertz CT molecular complexity index is 1170. The third kappa shape index (κ3) is 5.21. The Morgan fingerprint density at radius 2 is 1.97 bits per heavy atom. The van der Waals surface area contributed by atoms with E-state index in [9.17, 15) is 23.2 Å². The van der Waals surface area contributed by atoms with Gasteiger partial charge in [-0.15, -0.1) is 0 Å². The maximum atomic E-state index is 14.3. The molecule has 3 aromatic rings. The van der Waals surface area contributed by atoms with Crippen LogP contribution in [0.5, 0.6) is 0 Å². The summed E-state index contributed by atoms with van der Waals surface area (Å²) in [4.78, 5) is 22.2. The van der Waals surface area contributed by atoms with Crippen LogP contribution in [0.25, 0.3) is 11.0 Å². The summed E-state index contributed by atoms with van der Waals surface area (Å²) in [5, 5.41) is 17.4. The minimum Gasteiger partial charge on any atom is -0.354 e. The number of carbonyl (C=O) groups is 1. The summed E-state index contributed by atoms with van der Waals surface area (Å²) in [5.41, 5.74) is 1.65. The predicted molar refractivity (Wildman–Crippen MR) is 114 cm³/mol. The number of benzene rings is 2. The predicted octanol–water partition coefficient (Wildman–Crippen LogP) is 3.42. The van der Waals surface area contributed by atoms with Gasteiger partial charge in [0.25, 0.3) is 0 Å². The average Bonchev–Trinajstić information content (AvgIpc) is 3.19. The summed E-state index contributed by atoms with van der Waals surface area (Å²) < 4.78 is 41.9. The lowest BCUT2D eigenvalue weighted by Crippen LogP contribution is -2.37. The highest BCUT2D eigenvalue weighted by Gasteiger charge is 2.20. The first-order valence-corrected chi connectivity index (χ1v) is 9.79. The van der Waals surface area contributed by atoms with Gasteiger partial charge < -0.3 is 20.9 Å². The zero-order valence-corrected chi connectivity index (χ0v) is 17.4. The molecular weight excluding hydrogens is 451 g/mol. The van der Waals surface area contributed by atoms with E-state index < -0.39 is 17.5 Å². The van der Waals surface area contributed by atoms with Gasteiger partial charge in [0.05, 0.1) is 16.2 Å². The highest BCUT2D eigenvalue weighted by Crippen LogP contribution is 2.27. The Morgan fingerprint density at radius 3 is 2.66 bits per heavy atom. The molecule has 0 atom stereocenters. The number of nitrogens with one attached hydrogen (secondary N) is 5. The van der Waals surface area contributed by atoms with E-state index in [4.69, 9.17) is 11.6 Å². The molecule has 13 heteroatoms. The molecule has 0 radical (unpaired) electrons. The maximum absolute atomic E-state index is 14.3. The van der Waals surface area contributed by atoms with E-state index in [1.165, 1.54) is 12.1 Å². The number of urea groups is 1. The van der Waals surface area contributed by atoms with E-state index in [1.807, 2.05) is 5.48 Å². The molecule has 0 spiro atoms. The quantitative estimate of drug-likeness (QED) is 0.137. The number of aromatic nitrogens is 2. The minimum absolute atomic E-state index is 0.0385. The topological polar surface area (TPSA) is 126 Å². The molecule has 1 aromatic heterocycles. The second-order valence-corrected chi connectivity index (χ2v) is 6.82. The number of hydrogen-bond donors (Lipinski definition) is 6. The highest BCUT2D eigenvalue weighted by molar-refractivity contribution is 6.31. The van der Waals surface area contributed by atoms with Crippen LogP contribution in [0.1, 0.15) is 12.5 Å². The molecule has 0 saturated carbocycles. The molecule has 3 rings (SSSR count). The Kier molecular flexibility index (Phi) is 7.38. The van der Waals surface area contributed by atoms with Crippen molar-refractivity contribution in [2.24, 2.45) is 4.99 Å². The Labute approximate surface area is 185 Å². The number of hydroxylamine groups is 1. The minimum atomic E-state index is -1.22. The van der Waals surface area contributed by atoms with Gasteiger partial charge >= 0.3 is 6.03 Å². The second-order valence-electron chi connectivity index (χ2n) is 6.41. The molecule has 0 aliphatic carbocycles. The van der Waals surface area contributed by atoms with Crippen LogP contribution in [0, 0.1) is 17.5 Å². The number of aromatic amines is 1. The number of halogens is 4. The third-order valence-corrected chi connectivity index (χ3v) is 4.50. The summed E-state index contributed by atoms with van der Waals surface area (Å²) in [6, 6.07) is 4.04. The van der Waals surface area contributed by atoms with Crippen molar-refractivity contribution in [3.05, 3.63) is 52.3 Å². The van der Waals surface area contributed by atoms with Crippen LogP contribution in [-0.2, 0) is 0 Å². The number of rotatable bonds is 7. The van der Waals surface area contributed by atoms with Gasteiger partial charge in [0.1, 0.15) is 11.3 Å². The Balaban J connectivity index is 1.91. The molecule has 0 bridgehead atoms. The van der Waals surface area contributed by atoms with Crippen molar-refractivity contribution >= 4 is 46.1 Å². The van der Waals surface area contributed by atoms with Gasteiger partial charge in [-0.05, 0) is 31.2 Å². The summed E-state index contributed by atoms with van der Waals surface area (Å²) in [5.74, 6) is -3.24. The van der Waals surface area contributed by atoms with Gasteiger partial charge in [-0.25, -0.2) is 27.9 Å². The van der Waals surface area contributed by atoms with Gasteiger partial charge in [0.15, 0.2) is 17.5 Å². The molecule has 0 aliphatic heterocycles. The lowest BCUT2D eigenvalue weighted by atomic mass is 10.1. The molecular formula is C19H19ClF3N7O2. The third-order valence-electron chi connectivity index (χ3n) is 4.21. The molecule has 2 aromatic carbocycles. The number of aliphatic imine (C=N–C) groups is 1. The van der Waals surface area contributed by atoms with Gasteiger partial charge in [0.2, 0.25) is 5.95 Å². The van der Waals surface area contributed by atoms with Gasteiger partial charge in [-0.1, -0.05) is 11.6 Å². The summed E-state index contributed by atoms with van der Waals surface area (Å²) in [6.07, 6.45) is 0. The SMILES string of the molecule is CCNC(=O)NCCNc1nc2c(F)c(F)cc(C(=Nc3ccc(F)c(Cl)c3)NO)c2[nH]1. The first kappa shape index (κ1) is 23.2. The van der Waals surface area contributed by atoms with E-state index in [1.54, 1.807) is 6.92 Å². The van der Waals surface area contributed by atoms with Crippen molar-refractivity contribution in [2.75, 3.05) is 25.0 Å². The number of fused-ring (bicyclic) bond motifs is 1. The molecule has 0 aliphatic rings. The van der Waals surface area contributed by atoms with Crippen molar-refractivity contribution < 1.29 is 23.2 Å². The number of nitrogens with zero attached hydrogens (tertiary/aromatic N) is 2. The van der Waals surface area contributed by atoms with E-state index in [-0.39, 0.29) is 58.2 Å². The zero-order chi connectivity index (χ0) is 23.3. The van der Waals surface area contributed by atoms with E-state index in [0.29, 0.717) is 6.54 Å².